The molecule has 5 heterocycles. The van der Waals surface area contributed by atoms with Crippen LogP contribution in [0.5, 0.6) is 0 Å². The van der Waals surface area contributed by atoms with E-state index in [-0.39, 0.29) is 17.1 Å². The second-order valence-electron chi connectivity index (χ2n) is 10.6. The number of hydrogen-bond acceptors (Lipinski definition) is 0. The molecule has 0 saturated heterocycles. The molecular formula is C36H24FeN4. The van der Waals surface area contributed by atoms with Crippen LogP contribution >= 0.6 is 0 Å². The third kappa shape index (κ3) is 3.60. The Hall–Kier alpha value is -4.96. The van der Waals surface area contributed by atoms with E-state index in [0.717, 1.165) is 44.2 Å². The van der Waals surface area contributed by atoms with Crippen molar-refractivity contribution in [1.29, 1.82) is 0 Å². The van der Waals surface area contributed by atoms with Crippen LogP contribution in [0.1, 0.15) is 22.8 Å². The molecule has 0 atom stereocenters. The molecule has 0 spiro atoms. The van der Waals surface area contributed by atoms with Gasteiger partial charge >= 0.3 is 0 Å². The van der Waals surface area contributed by atoms with Crippen LogP contribution in [0, 0.1) is 0 Å². The first-order valence-corrected chi connectivity index (χ1v) is 13.6. The van der Waals surface area contributed by atoms with Gasteiger partial charge in [-0.05, 0) is 24.3 Å². The molecule has 0 aliphatic carbocycles. The third-order valence-corrected chi connectivity index (χ3v) is 8.26. The molecular weight excluding hydrogens is 544 g/mol. The Kier molecular flexibility index (Phi) is 5.26. The molecule has 0 saturated carbocycles. The topological polar surface area (TPSA) is 63.2 Å². The number of rotatable bonds is 0. The van der Waals surface area contributed by atoms with Gasteiger partial charge in [-0.3, -0.25) is 0 Å². The zero-order valence-electron chi connectivity index (χ0n) is 21.9. The molecule has 4 aromatic carbocycles. The summed E-state index contributed by atoms with van der Waals surface area (Å²) in [4.78, 5) is 15.0. The summed E-state index contributed by atoms with van der Waals surface area (Å²) in [5, 5.41) is 13.9. The number of fused-ring (bicyclic) bond motifs is 20. The first-order chi connectivity index (χ1) is 19.8. The molecule has 0 radical (unpaired) electrons. The van der Waals surface area contributed by atoms with Crippen LogP contribution in [0.3, 0.4) is 0 Å². The molecule has 196 valence electrons. The fraction of sp³-hybridized carbons (Fsp3) is 0. The van der Waals surface area contributed by atoms with Gasteiger partial charge in [0.2, 0.25) is 0 Å². The summed E-state index contributed by atoms with van der Waals surface area (Å²) < 4.78 is 0. The van der Waals surface area contributed by atoms with Gasteiger partial charge in [-0.1, -0.05) is 97.1 Å². The number of aromatic nitrogens is 4. The van der Waals surface area contributed by atoms with Crippen LogP contribution in [-0.4, -0.2) is 19.9 Å². The van der Waals surface area contributed by atoms with E-state index >= 15 is 0 Å². The smallest absolute Gasteiger partial charge is 0.0485 e. The van der Waals surface area contributed by atoms with E-state index in [0.29, 0.717) is 0 Å². The molecule has 5 heteroatoms. The van der Waals surface area contributed by atoms with Crippen molar-refractivity contribution < 1.29 is 17.1 Å². The number of aromatic amines is 4. The third-order valence-electron chi connectivity index (χ3n) is 8.26. The van der Waals surface area contributed by atoms with Gasteiger partial charge in [0.05, 0.1) is 0 Å². The van der Waals surface area contributed by atoms with Crippen LogP contribution in [0.15, 0.2) is 97.1 Å². The monoisotopic (exact) mass is 568 g/mol. The summed E-state index contributed by atoms with van der Waals surface area (Å²) in [5.41, 5.74) is 4.34. The minimum Gasteiger partial charge on any atom is -0.354 e. The predicted molar refractivity (Wildman–Crippen MR) is 166 cm³/mol. The van der Waals surface area contributed by atoms with E-state index in [1.54, 1.807) is 0 Å². The molecule has 41 heavy (non-hydrogen) atoms. The van der Waals surface area contributed by atoms with Crippen molar-refractivity contribution in [2.45, 2.75) is 0 Å². The minimum atomic E-state index is 0. The van der Waals surface area contributed by atoms with Crippen LogP contribution in [0.4, 0.5) is 0 Å². The average molecular weight is 568 g/mol. The minimum absolute atomic E-state index is 0. The second-order valence-corrected chi connectivity index (χ2v) is 10.6. The number of benzene rings is 4. The van der Waals surface area contributed by atoms with Gasteiger partial charge in [0.25, 0.3) is 0 Å². The van der Waals surface area contributed by atoms with Gasteiger partial charge in [0.1, 0.15) is 0 Å². The van der Waals surface area contributed by atoms with Crippen LogP contribution in [0.2, 0.25) is 0 Å². The SMILES string of the molecule is C1=c2[nH]c(c3ccccc23)=Cc2[nH]c(c3ccccc23)C=c2[nH]c(c3ccccc23)=Cc2[nH]c1c1ccccc21.[Fe]. The quantitative estimate of drug-likeness (QED) is 0.181. The van der Waals surface area contributed by atoms with Gasteiger partial charge in [-0.15, -0.1) is 0 Å². The van der Waals surface area contributed by atoms with Crippen LogP contribution in [0.25, 0.3) is 67.4 Å². The summed E-state index contributed by atoms with van der Waals surface area (Å²) in [5.74, 6) is 0. The Morgan fingerprint density at radius 3 is 0.732 bits per heavy atom. The molecule has 4 aromatic heterocycles. The van der Waals surface area contributed by atoms with Crippen molar-refractivity contribution in [3.63, 3.8) is 0 Å². The van der Waals surface area contributed by atoms with Crippen molar-refractivity contribution in [2.75, 3.05) is 0 Å². The molecule has 0 fully saturated rings. The maximum absolute atomic E-state index is 3.75. The zero-order valence-corrected chi connectivity index (χ0v) is 23.0. The Labute approximate surface area is 244 Å². The van der Waals surface area contributed by atoms with Crippen LogP contribution in [-0.2, 0) is 17.1 Å². The van der Waals surface area contributed by atoms with Crippen LogP contribution < -0.4 is 21.4 Å². The summed E-state index contributed by atoms with van der Waals surface area (Å²) in [6.45, 7) is 0. The maximum atomic E-state index is 3.75. The van der Waals surface area contributed by atoms with E-state index in [1.165, 1.54) is 43.1 Å². The van der Waals surface area contributed by atoms with Crippen molar-refractivity contribution >= 4 is 67.4 Å². The number of hydrogen-bond donors (Lipinski definition) is 4. The number of H-pyrrole nitrogens is 4. The van der Waals surface area contributed by atoms with Gasteiger partial charge in [0.15, 0.2) is 0 Å². The second kappa shape index (κ2) is 9.03. The zero-order chi connectivity index (χ0) is 26.2. The van der Waals surface area contributed by atoms with Gasteiger partial charge in [-0.2, -0.15) is 0 Å². The van der Waals surface area contributed by atoms with E-state index < -0.39 is 0 Å². The molecule has 9 rings (SSSR count). The fourth-order valence-corrected chi connectivity index (χ4v) is 6.42. The molecule has 0 amide bonds. The largest absolute Gasteiger partial charge is 0.354 e. The van der Waals surface area contributed by atoms with E-state index in [1.807, 2.05) is 0 Å². The maximum Gasteiger partial charge on any atom is 0.0485 e. The molecule has 4 nitrogen and oxygen atoms in total. The molecule has 4 N–H and O–H groups in total. The van der Waals surface area contributed by atoms with Gasteiger partial charge in [-0.25, -0.2) is 0 Å². The average Bonchev–Trinajstić information content (AvgIpc) is 3.73. The normalized spacial score (nSPS) is 12.5. The molecule has 1 aliphatic heterocycles. The van der Waals surface area contributed by atoms with Gasteiger partial charge in [0, 0.05) is 104 Å². The Morgan fingerprint density at radius 2 is 0.488 bits per heavy atom. The van der Waals surface area contributed by atoms with Crippen molar-refractivity contribution in [2.24, 2.45) is 0 Å². The summed E-state index contributed by atoms with van der Waals surface area (Å²) in [6.07, 6.45) is 8.98. The van der Waals surface area contributed by atoms with Gasteiger partial charge < -0.3 is 19.9 Å². The molecule has 8 aromatic rings. The summed E-state index contributed by atoms with van der Waals surface area (Å²) >= 11 is 0. The van der Waals surface area contributed by atoms with Crippen molar-refractivity contribution in [1.82, 2.24) is 19.9 Å². The molecule has 0 unspecified atom stereocenters. The Bertz CT molecular complexity index is 2210. The van der Waals surface area contributed by atoms with E-state index in [2.05, 4.69) is 141 Å². The van der Waals surface area contributed by atoms with Crippen molar-refractivity contribution in [3.8, 4) is 0 Å². The Balaban J connectivity index is 0.00000256. The van der Waals surface area contributed by atoms with E-state index in [9.17, 15) is 0 Å². The standard InChI is InChI=1S/C36H24N4.Fe/c1-2-10-22-21(9-1)29-17-31-23-11-3-4-12-24(23)33(38-31)19-35-27-15-7-8-16-28(27)36(40-35)20-34-26-14-6-5-13-25(26)32(39-34)18-30(22)37-29;/h1-20,37-40H;. The number of nitrogens with one attached hydrogen (secondary N) is 4. The summed E-state index contributed by atoms with van der Waals surface area (Å²) in [7, 11) is 0. The Morgan fingerprint density at radius 1 is 0.268 bits per heavy atom. The molecule has 8 bridgehead atoms. The first-order valence-electron chi connectivity index (χ1n) is 13.6. The fourth-order valence-electron chi connectivity index (χ4n) is 6.42. The summed E-state index contributed by atoms with van der Waals surface area (Å²) in [6, 6.07) is 34.4. The van der Waals surface area contributed by atoms with Crippen molar-refractivity contribution in [3.05, 3.63) is 141 Å². The predicted octanol–water partition coefficient (Wildman–Crippen LogP) is 5.24. The van der Waals surface area contributed by atoms with E-state index in [4.69, 9.17) is 0 Å². The first kappa shape index (κ1) is 23.9. The molecule has 1 aliphatic rings.